The molecule has 9 aromatic rings. The molecule has 2 saturated carbocycles. The third-order valence-electron chi connectivity index (χ3n) is 13.7. The Morgan fingerprint density at radius 1 is 0.458 bits per heavy atom. The molecule has 2 nitrogen and oxygen atoms in total. The lowest BCUT2D eigenvalue weighted by Gasteiger charge is -2.51. The monoisotopic (exact) mass is 762 g/mol. The first-order valence-corrected chi connectivity index (χ1v) is 21.7. The maximum absolute atomic E-state index is 2.56. The highest BCUT2D eigenvalue weighted by molar-refractivity contribution is 6.09. The van der Waals surface area contributed by atoms with Crippen LogP contribution in [-0.4, -0.2) is 4.57 Å². The molecule has 2 aliphatic carbocycles. The fraction of sp³-hybridized carbons (Fsp3) is 0.193. The summed E-state index contributed by atoms with van der Waals surface area (Å²) < 4.78 is 2.42. The number of hydrogen-bond acceptors (Lipinski definition) is 1. The molecule has 2 heteroatoms. The summed E-state index contributed by atoms with van der Waals surface area (Å²) in [5, 5.41) is 5.10. The van der Waals surface area contributed by atoms with Gasteiger partial charge in [-0.3, -0.25) is 0 Å². The number of rotatable bonds is 7. The van der Waals surface area contributed by atoms with Crippen molar-refractivity contribution in [1.29, 1.82) is 0 Å². The fourth-order valence-corrected chi connectivity index (χ4v) is 11.6. The predicted molar refractivity (Wildman–Crippen MR) is 250 cm³/mol. The van der Waals surface area contributed by atoms with E-state index in [2.05, 4.69) is 211 Å². The zero-order valence-electron chi connectivity index (χ0n) is 34.1. The molecule has 0 unspecified atom stereocenters. The molecule has 11 rings (SSSR count). The van der Waals surface area contributed by atoms with Gasteiger partial charge >= 0.3 is 0 Å². The molecule has 2 atom stereocenters. The van der Waals surface area contributed by atoms with Crippen molar-refractivity contribution >= 4 is 49.6 Å². The summed E-state index contributed by atoms with van der Waals surface area (Å²) in [6.07, 6.45) is 6.54. The van der Waals surface area contributed by atoms with E-state index in [4.69, 9.17) is 0 Å². The smallest absolute Gasteiger partial charge is 0.0541 e. The number of hydrogen-bond donors (Lipinski definition) is 0. The molecule has 1 heterocycles. The molecular weight excluding hydrogens is 713 g/mol. The minimum atomic E-state index is 0.175. The van der Waals surface area contributed by atoms with Crippen molar-refractivity contribution in [3.63, 3.8) is 0 Å². The van der Waals surface area contributed by atoms with E-state index >= 15 is 0 Å². The average Bonchev–Trinajstić information content (AvgIpc) is 3.61. The largest absolute Gasteiger partial charge is 0.310 e. The summed E-state index contributed by atoms with van der Waals surface area (Å²) >= 11 is 0. The molecule has 0 aliphatic heterocycles. The Balaban J connectivity index is 1.05. The molecular formula is C57H50N2. The van der Waals surface area contributed by atoms with Crippen molar-refractivity contribution in [2.24, 2.45) is 17.8 Å². The molecule has 59 heavy (non-hydrogen) atoms. The Bertz CT molecular complexity index is 2910. The fourth-order valence-electron chi connectivity index (χ4n) is 11.6. The standard InChI is InChI=1S/C57H50N2/c1-39-31-41-32-40(2)37-57(36-39,38-41)53-21-7-10-24-56(53)58(48-29-27-43(28-30-48)47-26-25-42-13-3-4-14-44(42)33-47)49-17-11-15-45(34-49)46-16-12-18-50(35-46)59-54-22-8-5-19-51(54)52-20-6-9-23-55(52)59/h3-30,33-35,39-41H,31-32,36-38H2,1-2H3/t39-,40-,41?,57?/m0/s1. The highest BCUT2D eigenvalue weighted by Gasteiger charge is 2.46. The van der Waals surface area contributed by atoms with E-state index < -0.39 is 0 Å². The third kappa shape index (κ3) is 6.34. The van der Waals surface area contributed by atoms with Crippen LogP contribution < -0.4 is 4.90 Å². The maximum Gasteiger partial charge on any atom is 0.0541 e. The molecule has 2 bridgehead atoms. The van der Waals surface area contributed by atoms with Gasteiger partial charge in [-0.05, 0) is 155 Å². The van der Waals surface area contributed by atoms with Gasteiger partial charge in [0.15, 0.2) is 0 Å². The third-order valence-corrected chi connectivity index (χ3v) is 13.7. The first-order chi connectivity index (χ1) is 29.0. The quantitative estimate of drug-likeness (QED) is 0.157. The molecule has 0 spiro atoms. The maximum atomic E-state index is 2.56. The van der Waals surface area contributed by atoms with Gasteiger partial charge in [-0.1, -0.05) is 141 Å². The van der Waals surface area contributed by atoms with Crippen molar-refractivity contribution in [2.45, 2.75) is 51.4 Å². The van der Waals surface area contributed by atoms with Crippen LogP contribution in [-0.2, 0) is 5.41 Å². The average molecular weight is 763 g/mol. The highest BCUT2D eigenvalue weighted by Crippen LogP contribution is 2.57. The van der Waals surface area contributed by atoms with Crippen molar-refractivity contribution in [2.75, 3.05) is 4.90 Å². The molecule has 0 radical (unpaired) electrons. The lowest BCUT2D eigenvalue weighted by atomic mass is 9.54. The van der Waals surface area contributed by atoms with E-state index in [1.54, 1.807) is 0 Å². The van der Waals surface area contributed by atoms with Gasteiger partial charge in [0.25, 0.3) is 0 Å². The van der Waals surface area contributed by atoms with Crippen molar-refractivity contribution < 1.29 is 0 Å². The second-order valence-electron chi connectivity index (χ2n) is 17.9. The normalized spacial score (nSPS) is 20.3. The number of anilines is 3. The molecule has 2 fully saturated rings. The lowest BCUT2D eigenvalue weighted by molar-refractivity contribution is 0.0784. The molecule has 8 aromatic carbocycles. The SMILES string of the molecule is C[C@H]1CC2C[C@H](C)CC(c3ccccc3N(c3ccc(-c4ccc5ccccc5c4)cc3)c3cccc(-c4cccc(-n5c6ccccc6c6ccccc65)c4)c3)(C2)C1. The number of para-hydroxylation sites is 3. The molecule has 0 saturated heterocycles. The summed E-state index contributed by atoms with van der Waals surface area (Å²) in [5.41, 5.74) is 13.9. The van der Waals surface area contributed by atoms with Gasteiger partial charge in [0, 0.05) is 33.5 Å². The van der Waals surface area contributed by atoms with Crippen LogP contribution in [0.3, 0.4) is 0 Å². The zero-order chi connectivity index (χ0) is 39.5. The first-order valence-electron chi connectivity index (χ1n) is 21.7. The molecule has 0 amide bonds. The number of fused-ring (bicyclic) bond motifs is 6. The molecule has 1 aromatic heterocycles. The Kier molecular flexibility index (Phi) is 8.77. The minimum Gasteiger partial charge on any atom is -0.310 e. The van der Waals surface area contributed by atoms with Crippen LogP contribution >= 0.6 is 0 Å². The van der Waals surface area contributed by atoms with Crippen molar-refractivity contribution in [3.8, 4) is 27.9 Å². The van der Waals surface area contributed by atoms with Crippen LogP contribution in [0.4, 0.5) is 17.1 Å². The van der Waals surface area contributed by atoms with E-state index in [-0.39, 0.29) is 5.41 Å². The summed E-state index contributed by atoms with van der Waals surface area (Å²) in [5.74, 6) is 2.26. The minimum absolute atomic E-state index is 0.175. The van der Waals surface area contributed by atoms with Gasteiger partial charge in [0.1, 0.15) is 0 Å². The predicted octanol–water partition coefficient (Wildman–Crippen LogP) is 15.8. The zero-order valence-corrected chi connectivity index (χ0v) is 34.1. The summed E-state index contributed by atoms with van der Waals surface area (Å²) in [6.45, 7) is 5.00. The van der Waals surface area contributed by atoms with Crippen LogP contribution in [0.2, 0.25) is 0 Å². The Morgan fingerprint density at radius 3 is 1.80 bits per heavy atom. The van der Waals surface area contributed by atoms with Gasteiger partial charge in [-0.2, -0.15) is 0 Å². The van der Waals surface area contributed by atoms with Gasteiger partial charge < -0.3 is 9.47 Å². The van der Waals surface area contributed by atoms with Crippen LogP contribution in [0.1, 0.15) is 51.5 Å². The van der Waals surface area contributed by atoms with Crippen molar-refractivity contribution in [3.05, 3.63) is 194 Å². The number of benzene rings is 8. The van der Waals surface area contributed by atoms with E-state index in [1.807, 2.05) is 0 Å². The Labute approximate surface area is 348 Å². The Hall–Kier alpha value is -6.38. The van der Waals surface area contributed by atoms with E-state index in [0.717, 1.165) is 17.8 Å². The van der Waals surface area contributed by atoms with Gasteiger partial charge in [0.2, 0.25) is 0 Å². The summed E-state index contributed by atoms with van der Waals surface area (Å²) in [6, 6.07) is 70.0. The van der Waals surface area contributed by atoms with Crippen LogP contribution in [0.25, 0.3) is 60.5 Å². The Morgan fingerprint density at radius 2 is 1.05 bits per heavy atom. The van der Waals surface area contributed by atoms with E-state index in [0.29, 0.717) is 0 Å². The second-order valence-corrected chi connectivity index (χ2v) is 17.9. The lowest BCUT2D eigenvalue weighted by Crippen LogP contribution is -2.43. The van der Waals surface area contributed by atoms with E-state index in [9.17, 15) is 0 Å². The number of aromatic nitrogens is 1. The molecule has 2 aliphatic rings. The van der Waals surface area contributed by atoms with Crippen molar-refractivity contribution in [1.82, 2.24) is 4.57 Å². The van der Waals surface area contributed by atoms with Gasteiger partial charge in [-0.15, -0.1) is 0 Å². The summed E-state index contributed by atoms with van der Waals surface area (Å²) in [7, 11) is 0. The van der Waals surface area contributed by atoms with Gasteiger partial charge in [0.05, 0.1) is 11.0 Å². The molecule has 0 N–H and O–H groups in total. The van der Waals surface area contributed by atoms with Gasteiger partial charge in [-0.25, -0.2) is 0 Å². The van der Waals surface area contributed by atoms with E-state index in [1.165, 1.54) is 115 Å². The molecule has 288 valence electrons. The van der Waals surface area contributed by atoms with Crippen LogP contribution in [0, 0.1) is 17.8 Å². The van der Waals surface area contributed by atoms with Crippen LogP contribution in [0.15, 0.2) is 188 Å². The summed E-state index contributed by atoms with van der Waals surface area (Å²) in [4.78, 5) is 2.56. The first kappa shape index (κ1) is 35.8. The topological polar surface area (TPSA) is 8.17 Å². The second kappa shape index (κ2) is 14.5. The number of nitrogens with zero attached hydrogens (tertiary/aromatic N) is 2. The highest BCUT2D eigenvalue weighted by atomic mass is 15.1. The van der Waals surface area contributed by atoms with Crippen LogP contribution in [0.5, 0.6) is 0 Å².